The van der Waals surface area contributed by atoms with Crippen LogP contribution >= 0.6 is 0 Å². The van der Waals surface area contributed by atoms with Crippen molar-refractivity contribution in [3.05, 3.63) is 83.1 Å². The highest BCUT2D eigenvalue weighted by molar-refractivity contribution is 6.15. The maximum Gasteiger partial charge on any atom is 0.194 e. The van der Waals surface area contributed by atoms with E-state index >= 15 is 0 Å². The largest absolute Gasteiger partial charge is 0.383 e. The molecule has 35 heavy (non-hydrogen) atoms. The molecule has 2 aliphatic carbocycles. The Morgan fingerprint density at radius 1 is 1.09 bits per heavy atom. The topological polar surface area (TPSA) is 107 Å². The van der Waals surface area contributed by atoms with Crippen LogP contribution in [0.25, 0.3) is 33.9 Å². The van der Waals surface area contributed by atoms with Crippen LogP contribution in [0.2, 0.25) is 0 Å². The molecule has 2 aliphatic rings. The molecule has 0 amide bonds. The van der Waals surface area contributed by atoms with Gasteiger partial charge in [-0.25, -0.2) is 9.67 Å². The van der Waals surface area contributed by atoms with Gasteiger partial charge in [0.05, 0.1) is 34.7 Å². The monoisotopic (exact) mass is 461 g/mol. The molecule has 0 spiro atoms. The number of carbonyl (C=O) groups excluding carboxylic acids is 1. The van der Waals surface area contributed by atoms with Crippen LogP contribution in [0.1, 0.15) is 46.1 Å². The standard InChI is InChI=1S/C27H23N7O/c1-33-14-20(12-29-33)17-5-4-16-9-19(10-18(16)8-17)25(35)22-13-30-34(26(22)28)21-6-7-23-24(11-21)32-27(31-23)15-2-3-15/h4-9,11-15H,2-3,10,28H2,1H3,(H,31,32). The van der Waals surface area contributed by atoms with Crippen LogP contribution in [0.4, 0.5) is 5.82 Å². The lowest BCUT2D eigenvalue weighted by Gasteiger charge is -2.06. The number of allylic oxidation sites excluding steroid dienone is 1. The van der Waals surface area contributed by atoms with E-state index in [1.807, 2.05) is 43.7 Å². The van der Waals surface area contributed by atoms with E-state index in [1.54, 1.807) is 15.6 Å². The number of benzene rings is 2. The van der Waals surface area contributed by atoms with Crippen LogP contribution in [0.3, 0.4) is 0 Å². The van der Waals surface area contributed by atoms with Gasteiger partial charge in [-0.05, 0) is 53.8 Å². The Morgan fingerprint density at radius 3 is 2.77 bits per heavy atom. The molecule has 0 bridgehead atoms. The van der Waals surface area contributed by atoms with Crippen molar-refractivity contribution in [1.82, 2.24) is 29.5 Å². The fourth-order valence-electron chi connectivity index (χ4n) is 4.85. The smallest absolute Gasteiger partial charge is 0.194 e. The average molecular weight is 462 g/mol. The van der Waals surface area contributed by atoms with Crippen molar-refractivity contribution in [2.24, 2.45) is 7.05 Å². The zero-order valence-corrected chi connectivity index (χ0v) is 19.2. The first-order chi connectivity index (χ1) is 17.0. The lowest BCUT2D eigenvalue weighted by atomic mass is 10.0. The molecule has 172 valence electrons. The molecular weight excluding hydrogens is 438 g/mol. The van der Waals surface area contributed by atoms with E-state index in [1.165, 1.54) is 12.8 Å². The summed E-state index contributed by atoms with van der Waals surface area (Å²) < 4.78 is 3.40. The van der Waals surface area contributed by atoms with Gasteiger partial charge in [-0.3, -0.25) is 9.48 Å². The van der Waals surface area contributed by atoms with Gasteiger partial charge in [0.25, 0.3) is 0 Å². The molecule has 0 atom stereocenters. The third-order valence-electron chi connectivity index (χ3n) is 6.93. The van der Waals surface area contributed by atoms with Crippen molar-refractivity contribution in [2.75, 3.05) is 5.73 Å². The number of nitrogens with one attached hydrogen (secondary N) is 1. The highest BCUT2D eigenvalue weighted by Gasteiger charge is 2.27. The fourth-order valence-corrected chi connectivity index (χ4v) is 4.85. The quantitative estimate of drug-likeness (QED) is 0.377. The molecular formula is C27H23N7O. The second-order valence-electron chi connectivity index (χ2n) is 9.44. The van der Waals surface area contributed by atoms with Crippen LogP contribution in [-0.4, -0.2) is 35.3 Å². The number of carbonyl (C=O) groups is 1. The van der Waals surface area contributed by atoms with E-state index in [2.05, 4.69) is 38.4 Å². The molecule has 8 nitrogen and oxygen atoms in total. The second-order valence-corrected chi connectivity index (χ2v) is 9.44. The number of nitrogen functional groups attached to an aromatic ring is 1. The molecule has 0 saturated heterocycles. The minimum Gasteiger partial charge on any atom is -0.383 e. The van der Waals surface area contributed by atoms with Gasteiger partial charge in [0.1, 0.15) is 11.6 Å². The Hall–Kier alpha value is -4.46. The molecule has 5 aromatic rings. The van der Waals surface area contributed by atoms with Crippen molar-refractivity contribution in [1.29, 1.82) is 0 Å². The van der Waals surface area contributed by atoms with Gasteiger partial charge >= 0.3 is 0 Å². The predicted molar refractivity (Wildman–Crippen MR) is 134 cm³/mol. The number of hydrogen-bond donors (Lipinski definition) is 2. The summed E-state index contributed by atoms with van der Waals surface area (Å²) >= 11 is 0. The number of aromatic nitrogens is 6. The summed E-state index contributed by atoms with van der Waals surface area (Å²) in [7, 11) is 1.90. The van der Waals surface area contributed by atoms with Crippen molar-refractivity contribution >= 4 is 28.7 Å². The van der Waals surface area contributed by atoms with E-state index in [-0.39, 0.29) is 5.78 Å². The number of aryl methyl sites for hydroxylation is 1. The van der Waals surface area contributed by atoms with Crippen molar-refractivity contribution in [2.45, 2.75) is 25.2 Å². The maximum atomic E-state index is 13.4. The lowest BCUT2D eigenvalue weighted by Crippen LogP contribution is -2.08. The summed E-state index contributed by atoms with van der Waals surface area (Å²) in [5.74, 6) is 1.84. The van der Waals surface area contributed by atoms with E-state index in [0.717, 1.165) is 44.8 Å². The molecule has 3 aromatic heterocycles. The van der Waals surface area contributed by atoms with Crippen molar-refractivity contribution < 1.29 is 4.79 Å². The fraction of sp³-hybridized carbons (Fsp3) is 0.185. The number of Topliss-reactive ketones (excluding diaryl/α,β-unsaturated/α-hetero) is 1. The third-order valence-corrected chi connectivity index (χ3v) is 6.93. The van der Waals surface area contributed by atoms with Crippen molar-refractivity contribution in [3.63, 3.8) is 0 Å². The minimum atomic E-state index is -0.0912. The Labute approximate surface area is 201 Å². The first kappa shape index (κ1) is 20.0. The normalized spacial score (nSPS) is 14.9. The number of H-pyrrole nitrogens is 1. The number of ketones is 1. The highest BCUT2D eigenvalue weighted by Crippen LogP contribution is 2.39. The third kappa shape index (κ3) is 3.29. The Balaban J connectivity index is 1.16. The van der Waals surface area contributed by atoms with E-state index in [9.17, 15) is 4.79 Å². The molecule has 7 rings (SSSR count). The molecule has 0 radical (unpaired) electrons. The highest BCUT2D eigenvalue weighted by atomic mass is 16.1. The molecule has 3 N–H and O–H groups in total. The second kappa shape index (κ2) is 7.27. The number of nitrogens with two attached hydrogens (primary N) is 1. The van der Waals surface area contributed by atoms with E-state index in [0.29, 0.717) is 29.3 Å². The van der Waals surface area contributed by atoms with Gasteiger partial charge < -0.3 is 10.7 Å². The van der Waals surface area contributed by atoms with Crippen LogP contribution in [0.15, 0.2) is 60.6 Å². The van der Waals surface area contributed by atoms with Gasteiger partial charge in [-0.15, -0.1) is 0 Å². The zero-order valence-electron chi connectivity index (χ0n) is 19.2. The predicted octanol–water partition coefficient (Wildman–Crippen LogP) is 4.43. The summed E-state index contributed by atoms with van der Waals surface area (Å²) in [6.45, 7) is 0. The number of hydrogen-bond acceptors (Lipinski definition) is 5. The van der Waals surface area contributed by atoms with Gasteiger partial charge in [-0.2, -0.15) is 10.2 Å². The first-order valence-corrected chi connectivity index (χ1v) is 11.7. The van der Waals surface area contributed by atoms with Crippen LogP contribution in [-0.2, 0) is 13.5 Å². The number of imidazole rings is 1. The lowest BCUT2D eigenvalue weighted by molar-refractivity contribution is 0.103. The SMILES string of the molecule is Cn1cc(-c2ccc3c(c2)CC(C(=O)c2cnn(-c4ccc5nc(C6CC6)[nH]c5c4)c2N)=C3)cn1. The summed E-state index contributed by atoms with van der Waals surface area (Å²) in [5, 5.41) is 8.70. The number of anilines is 1. The minimum absolute atomic E-state index is 0.0912. The first-order valence-electron chi connectivity index (χ1n) is 11.7. The van der Waals surface area contributed by atoms with Crippen molar-refractivity contribution in [3.8, 4) is 16.8 Å². The van der Waals surface area contributed by atoms with E-state index < -0.39 is 0 Å². The zero-order chi connectivity index (χ0) is 23.7. The van der Waals surface area contributed by atoms with Gasteiger partial charge in [0.2, 0.25) is 0 Å². The Bertz CT molecular complexity index is 1680. The molecule has 8 heteroatoms. The van der Waals surface area contributed by atoms with Gasteiger partial charge in [0, 0.05) is 36.7 Å². The molecule has 2 aromatic carbocycles. The number of rotatable bonds is 5. The van der Waals surface area contributed by atoms with Gasteiger partial charge in [0.15, 0.2) is 5.78 Å². The number of nitrogens with zero attached hydrogens (tertiary/aromatic N) is 5. The van der Waals surface area contributed by atoms with E-state index in [4.69, 9.17) is 5.73 Å². The summed E-state index contributed by atoms with van der Waals surface area (Å²) in [5.41, 5.74) is 14.6. The molecule has 3 heterocycles. The average Bonchev–Trinajstić information content (AvgIpc) is 3.18. The summed E-state index contributed by atoms with van der Waals surface area (Å²) in [6.07, 6.45) is 10.3. The number of fused-ring (bicyclic) bond motifs is 2. The number of aromatic amines is 1. The molecule has 0 unspecified atom stereocenters. The molecule has 1 fully saturated rings. The Kier molecular flexibility index (Phi) is 4.14. The molecule has 1 saturated carbocycles. The molecule has 0 aliphatic heterocycles. The summed E-state index contributed by atoms with van der Waals surface area (Å²) in [4.78, 5) is 21.5. The van der Waals surface area contributed by atoms with Crippen LogP contribution in [0, 0.1) is 0 Å². The maximum absolute atomic E-state index is 13.4. The van der Waals surface area contributed by atoms with Gasteiger partial charge in [-0.1, -0.05) is 18.2 Å². The van der Waals surface area contributed by atoms with Crippen LogP contribution < -0.4 is 5.73 Å². The van der Waals surface area contributed by atoms with Crippen LogP contribution in [0.5, 0.6) is 0 Å². The summed E-state index contributed by atoms with van der Waals surface area (Å²) in [6, 6.07) is 12.1. The Morgan fingerprint density at radius 2 is 1.97 bits per heavy atom.